The summed E-state index contributed by atoms with van der Waals surface area (Å²) in [5.74, 6) is -0.689. The molecule has 0 heterocycles. The van der Waals surface area contributed by atoms with Gasteiger partial charge in [0.05, 0.1) is 5.97 Å². The van der Waals surface area contributed by atoms with Crippen LogP contribution >= 0.6 is 0 Å². The van der Waals surface area contributed by atoms with E-state index in [2.05, 4.69) is 13.8 Å². The SMILES string of the molecule is CC(C)c1ccc(C(=O)[O-])cc1.[Cu+2]. The molecule has 0 fully saturated rings. The van der Waals surface area contributed by atoms with Crippen molar-refractivity contribution in [3.63, 3.8) is 0 Å². The van der Waals surface area contributed by atoms with Gasteiger partial charge in [0.1, 0.15) is 0 Å². The molecule has 0 amide bonds. The number of carboxylic acid groups (broad SMARTS) is 1. The average Bonchev–Trinajstić information content (AvgIpc) is 2.04. The molecule has 3 heteroatoms. The van der Waals surface area contributed by atoms with E-state index in [0.29, 0.717) is 5.92 Å². The Balaban J connectivity index is 0.00000144. The van der Waals surface area contributed by atoms with Crippen molar-refractivity contribution >= 4 is 5.97 Å². The van der Waals surface area contributed by atoms with E-state index >= 15 is 0 Å². The summed E-state index contributed by atoms with van der Waals surface area (Å²) in [7, 11) is 0. The van der Waals surface area contributed by atoms with Crippen LogP contribution in [0, 0.1) is 0 Å². The zero-order chi connectivity index (χ0) is 9.14. The molecular weight excluding hydrogens is 216 g/mol. The molecule has 0 atom stereocenters. The van der Waals surface area contributed by atoms with Gasteiger partial charge in [0.25, 0.3) is 0 Å². The second-order valence-corrected chi connectivity index (χ2v) is 3.06. The first kappa shape index (κ1) is 12.2. The first-order chi connectivity index (χ1) is 5.61. The number of carboxylic acids is 1. The van der Waals surface area contributed by atoms with E-state index in [1.807, 2.05) is 12.1 Å². The maximum atomic E-state index is 10.4. The summed E-state index contributed by atoms with van der Waals surface area (Å²) in [4.78, 5) is 10.4. The second kappa shape index (κ2) is 5.05. The molecule has 0 unspecified atom stereocenters. The Morgan fingerprint density at radius 2 is 1.69 bits per heavy atom. The second-order valence-electron chi connectivity index (χ2n) is 3.06. The predicted octanol–water partition coefficient (Wildman–Crippen LogP) is 1.17. The summed E-state index contributed by atoms with van der Waals surface area (Å²) in [6.07, 6.45) is 0. The van der Waals surface area contributed by atoms with E-state index in [4.69, 9.17) is 0 Å². The average molecular weight is 227 g/mol. The molecule has 0 bridgehead atoms. The fourth-order valence-corrected chi connectivity index (χ4v) is 1.00. The largest absolute Gasteiger partial charge is 2.00 e. The van der Waals surface area contributed by atoms with Crippen molar-refractivity contribution in [2.45, 2.75) is 19.8 Å². The molecule has 1 aromatic rings. The topological polar surface area (TPSA) is 40.1 Å². The molecule has 1 rings (SSSR count). The fraction of sp³-hybridized carbons (Fsp3) is 0.300. The predicted molar refractivity (Wildman–Crippen MR) is 44.9 cm³/mol. The molecule has 0 saturated heterocycles. The molecule has 1 aromatic carbocycles. The molecule has 0 aliphatic rings. The van der Waals surface area contributed by atoms with E-state index in [1.54, 1.807) is 12.1 Å². The Labute approximate surface area is 88.4 Å². The molecule has 0 spiro atoms. The Morgan fingerprint density at radius 3 is 2.00 bits per heavy atom. The van der Waals surface area contributed by atoms with Crippen molar-refractivity contribution in [1.82, 2.24) is 0 Å². The number of carbonyl (C=O) groups is 1. The van der Waals surface area contributed by atoms with Crippen molar-refractivity contribution < 1.29 is 27.0 Å². The molecule has 1 radical (unpaired) electrons. The molecule has 13 heavy (non-hydrogen) atoms. The van der Waals surface area contributed by atoms with Gasteiger partial charge in [0, 0.05) is 0 Å². The van der Waals surface area contributed by atoms with Crippen LogP contribution in [0.1, 0.15) is 35.7 Å². The first-order valence-electron chi connectivity index (χ1n) is 3.92. The van der Waals surface area contributed by atoms with Gasteiger partial charge < -0.3 is 9.90 Å². The van der Waals surface area contributed by atoms with Crippen molar-refractivity contribution in [2.24, 2.45) is 0 Å². The van der Waals surface area contributed by atoms with Crippen molar-refractivity contribution in [1.29, 1.82) is 0 Å². The number of carbonyl (C=O) groups excluding carboxylic acids is 1. The van der Waals surface area contributed by atoms with Crippen LogP contribution in [0.4, 0.5) is 0 Å². The summed E-state index contributed by atoms with van der Waals surface area (Å²) >= 11 is 0. The third-order valence-electron chi connectivity index (χ3n) is 1.81. The molecule has 0 aliphatic carbocycles. The monoisotopic (exact) mass is 226 g/mol. The smallest absolute Gasteiger partial charge is 0.545 e. The summed E-state index contributed by atoms with van der Waals surface area (Å²) in [6.45, 7) is 4.13. The van der Waals surface area contributed by atoms with Crippen LogP contribution in [-0.4, -0.2) is 5.97 Å². The first-order valence-corrected chi connectivity index (χ1v) is 3.92. The van der Waals surface area contributed by atoms with E-state index in [1.165, 1.54) is 0 Å². The minimum atomic E-state index is -1.12. The molecule has 0 aliphatic heterocycles. The Kier molecular flexibility index (Phi) is 4.74. The molecule has 0 aromatic heterocycles. The van der Waals surface area contributed by atoms with Crippen LogP contribution in [0.2, 0.25) is 0 Å². The van der Waals surface area contributed by atoms with Crippen molar-refractivity contribution in [3.8, 4) is 0 Å². The Morgan fingerprint density at radius 1 is 1.23 bits per heavy atom. The normalized spacial score (nSPS) is 9.46. The van der Waals surface area contributed by atoms with Gasteiger partial charge >= 0.3 is 17.1 Å². The van der Waals surface area contributed by atoms with Crippen LogP contribution in [0.3, 0.4) is 0 Å². The maximum Gasteiger partial charge on any atom is 2.00 e. The van der Waals surface area contributed by atoms with Gasteiger partial charge in [-0.2, -0.15) is 0 Å². The zero-order valence-electron chi connectivity index (χ0n) is 7.50. The Hall–Kier alpha value is -0.791. The maximum absolute atomic E-state index is 10.4. The molecular formula is C10H11CuO2+. The third-order valence-corrected chi connectivity index (χ3v) is 1.81. The number of rotatable bonds is 2. The van der Waals surface area contributed by atoms with Gasteiger partial charge in [-0.1, -0.05) is 38.1 Å². The fourth-order valence-electron chi connectivity index (χ4n) is 1.00. The quantitative estimate of drug-likeness (QED) is 0.711. The van der Waals surface area contributed by atoms with Crippen LogP contribution < -0.4 is 5.11 Å². The summed E-state index contributed by atoms with van der Waals surface area (Å²) in [5.41, 5.74) is 1.37. The van der Waals surface area contributed by atoms with Crippen LogP contribution in [-0.2, 0) is 17.1 Å². The van der Waals surface area contributed by atoms with Gasteiger partial charge in [0.15, 0.2) is 0 Å². The summed E-state index contributed by atoms with van der Waals surface area (Å²) in [6, 6.07) is 6.78. The molecule has 0 saturated carbocycles. The Bertz CT molecular complexity index is 277. The minimum Gasteiger partial charge on any atom is -0.545 e. The van der Waals surface area contributed by atoms with Crippen LogP contribution in [0.25, 0.3) is 0 Å². The molecule has 2 nitrogen and oxygen atoms in total. The third kappa shape index (κ3) is 3.21. The molecule has 0 N–H and O–H groups in total. The van der Waals surface area contributed by atoms with Gasteiger partial charge in [-0.05, 0) is 17.0 Å². The van der Waals surface area contributed by atoms with E-state index in [0.717, 1.165) is 5.56 Å². The number of hydrogen-bond acceptors (Lipinski definition) is 2. The number of aromatic carboxylic acids is 1. The van der Waals surface area contributed by atoms with Gasteiger partial charge in [-0.15, -0.1) is 0 Å². The van der Waals surface area contributed by atoms with E-state index in [-0.39, 0.29) is 22.6 Å². The van der Waals surface area contributed by atoms with Crippen molar-refractivity contribution in [3.05, 3.63) is 35.4 Å². The summed E-state index contributed by atoms with van der Waals surface area (Å²) in [5, 5.41) is 10.4. The number of benzene rings is 1. The number of hydrogen-bond donors (Lipinski definition) is 0. The van der Waals surface area contributed by atoms with Crippen LogP contribution in [0.15, 0.2) is 24.3 Å². The van der Waals surface area contributed by atoms with Gasteiger partial charge in [0.2, 0.25) is 0 Å². The van der Waals surface area contributed by atoms with E-state index in [9.17, 15) is 9.90 Å². The van der Waals surface area contributed by atoms with E-state index < -0.39 is 5.97 Å². The molecule has 73 valence electrons. The van der Waals surface area contributed by atoms with Gasteiger partial charge in [-0.25, -0.2) is 0 Å². The zero-order valence-corrected chi connectivity index (χ0v) is 8.45. The van der Waals surface area contributed by atoms with Crippen molar-refractivity contribution in [2.75, 3.05) is 0 Å². The van der Waals surface area contributed by atoms with Gasteiger partial charge in [-0.3, -0.25) is 0 Å². The summed E-state index contributed by atoms with van der Waals surface area (Å²) < 4.78 is 0. The minimum absolute atomic E-state index is 0. The standard InChI is InChI=1S/C10H12O2.Cu/c1-7(2)8-3-5-9(6-4-8)10(11)12;/h3-7H,1-2H3,(H,11,12);/q;+2/p-1. The van der Waals surface area contributed by atoms with Crippen LogP contribution in [0.5, 0.6) is 0 Å².